The molecule has 0 N–H and O–H groups in total. The molecule has 0 bridgehead atoms. The average molecular weight is 222 g/mol. The molecule has 1 aromatic rings. The van der Waals surface area contributed by atoms with Gasteiger partial charge in [0.1, 0.15) is 0 Å². The predicted octanol–water partition coefficient (Wildman–Crippen LogP) is 0.931. The number of imide groups is 1. The van der Waals surface area contributed by atoms with Gasteiger partial charge < -0.3 is 0 Å². The minimum absolute atomic E-state index is 0.117. The molecule has 1 aliphatic rings. The van der Waals surface area contributed by atoms with E-state index in [1.54, 1.807) is 6.20 Å². The molecule has 1 saturated heterocycles. The van der Waals surface area contributed by atoms with Gasteiger partial charge in [0.15, 0.2) is 0 Å². The van der Waals surface area contributed by atoms with Crippen molar-refractivity contribution in [3.05, 3.63) is 24.4 Å². The van der Waals surface area contributed by atoms with Crippen LogP contribution in [0.25, 0.3) is 0 Å². The number of hydrogen-bond donors (Lipinski definition) is 0. The summed E-state index contributed by atoms with van der Waals surface area (Å²) in [6.07, 6.45) is 1.95. The van der Waals surface area contributed by atoms with Gasteiger partial charge in [0, 0.05) is 19.7 Å². The Bertz CT molecular complexity index is 394. The highest BCUT2D eigenvalue weighted by Crippen LogP contribution is 2.29. The third-order valence-electron chi connectivity index (χ3n) is 2.24. The largest absolute Gasteiger partial charge is 0.285 e. The Hall–Kier alpha value is -1.36. The molecule has 0 aromatic carbocycles. The van der Waals surface area contributed by atoms with Crippen LogP contribution < -0.4 is 0 Å². The van der Waals surface area contributed by atoms with Crippen LogP contribution in [-0.2, 0) is 9.59 Å². The highest BCUT2D eigenvalue weighted by Gasteiger charge is 2.36. The zero-order valence-corrected chi connectivity index (χ0v) is 9.03. The first-order valence-electron chi connectivity index (χ1n) is 4.56. The lowest BCUT2D eigenvalue weighted by molar-refractivity contribution is -0.136. The van der Waals surface area contributed by atoms with E-state index in [9.17, 15) is 9.59 Å². The van der Waals surface area contributed by atoms with Gasteiger partial charge in [-0.3, -0.25) is 14.5 Å². The van der Waals surface area contributed by atoms with Crippen molar-refractivity contribution >= 4 is 23.6 Å². The van der Waals surface area contributed by atoms with Crippen LogP contribution in [0.3, 0.4) is 0 Å². The Labute approximate surface area is 91.7 Å². The van der Waals surface area contributed by atoms with Gasteiger partial charge in [-0.15, -0.1) is 0 Å². The fraction of sp³-hybridized carbons (Fsp3) is 0.300. The molecular weight excluding hydrogens is 212 g/mol. The summed E-state index contributed by atoms with van der Waals surface area (Å²) >= 11 is 1.34. The monoisotopic (exact) mass is 222 g/mol. The second kappa shape index (κ2) is 4.02. The average Bonchev–Trinajstić information content (AvgIpc) is 2.48. The van der Waals surface area contributed by atoms with Crippen molar-refractivity contribution in [2.24, 2.45) is 0 Å². The predicted molar refractivity (Wildman–Crippen MR) is 56.3 cm³/mol. The maximum Gasteiger partial charge on any atom is 0.242 e. The summed E-state index contributed by atoms with van der Waals surface area (Å²) in [4.78, 5) is 28.1. The van der Waals surface area contributed by atoms with E-state index in [0.29, 0.717) is 0 Å². The molecule has 0 spiro atoms. The minimum Gasteiger partial charge on any atom is -0.285 e. The van der Waals surface area contributed by atoms with Gasteiger partial charge in [-0.25, -0.2) is 4.98 Å². The topological polar surface area (TPSA) is 50.3 Å². The first-order chi connectivity index (χ1) is 7.18. The van der Waals surface area contributed by atoms with Gasteiger partial charge in [0.25, 0.3) is 0 Å². The molecule has 1 unspecified atom stereocenters. The number of carbonyl (C=O) groups excluding carboxylic acids is 2. The summed E-state index contributed by atoms with van der Waals surface area (Å²) < 4.78 is 0. The molecule has 2 amide bonds. The third-order valence-corrected chi connectivity index (χ3v) is 3.38. The van der Waals surface area contributed by atoms with Crippen molar-refractivity contribution in [1.82, 2.24) is 9.88 Å². The highest BCUT2D eigenvalue weighted by molar-refractivity contribution is 8.00. The van der Waals surface area contributed by atoms with Crippen molar-refractivity contribution in [3.8, 4) is 0 Å². The molecule has 5 heteroatoms. The van der Waals surface area contributed by atoms with Crippen molar-refractivity contribution in [2.45, 2.75) is 16.7 Å². The number of pyridine rings is 1. The molecule has 1 aromatic heterocycles. The lowest BCUT2D eigenvalue weighted by Crippen LogP contribution is -2.26. The normalized spacial score (nSPS) is 21.1. The van der Waals surface area contributed by atoms with Crippen LogP contribution in [0.4, 0.5) is 0 Å². The summed E-state index contributed by atoms with van der Waals surface area (Å²) in [5, 5.41) is 0.469. The van der Waals surface area contributed by atoms with E-state index in [1.807, 2.05) is 18.2 Å². The van der Waals surface area contributed by atoms with Crippen molar-refractivity contribution in [3.63, 3.8) is 0 Å². The van der Waals surface area contributed by atoms with Gasteiger partial charge >= 0.3 is 0 Å². The van der Waals surface area contributed by atoms with Crippen LogP contribution in [0.5, 0.6) is 0 Å². The highest BCUT2D eigenvalue weighted by atomic mass is 32.2. The zero-order valence-electron chi connectivity index (χ0n) is 8.21. The van der Waals surface area contributed by atoms with Crippen LogP contribution in [0.15, 0.2) is 29.4 Å². The van der Waals surface area contributed by atoms with Crippen LogP contribution in [0, 0.1) is 0 Å². The van der Waals surface area contributed by atoms with Crippen LogP contribution >= 0.6 is 11.8 Å². The lowest BCUT2D eigenvalue weighted by atomic mass is 10.4. The number of hydrogen-bond acceptors (Lipinski definition) is 4. The molecule has 1 fully saturated rings. The summed E-state index contributed by atoms with van der Waals surface area (Å²) in [6.45, 7) is 0. The molecule has 2 rings (SSSR count). The Morgan fingerprint density at radius 2 is 2.27 bits per heavy atom. The molecule has 78 valence electrons. The second-order valence-electron chi connectivity index (χ2n) is 3.27. The summed E-state index contributed by atoms with van der Waals surface area (Å²) in [5.41, 5.74) is 0. The lowest BCUT2D eigenvalue weighted by Gasteiger charge is -2.07. The molecular formula is C10H10N2O2S. The number of thioether (sulfide) groups is 1. The van der Waals surface area contributed by atoms with E-state index in [0.717, 1.165) is 5.03 Å². The minimum atomic E-state index is -0.308. The number of aromatic nitrogens is 1. The van der Waals surface area contributed by atoms with Gasteiger partial charge in [0.05, 0.1) is 10.3 Å². The fourth-order valence-electron chi connectivity index (χ4n) is 1.38. The second-order valence-corrected chi connectivity index (χ2v) is 4.49. The number of rotatable bonds is 2. The molecule has 15 heavy (non-hydrogen) atoms. The summed E-state index contributed by atoms with van der Waals surface area (Å²) in [6, 6.07) is 5.51. The number of carbonyl (C=O) groups is 2. The first kappa shape index (κ1) is 10.2. The molecule has 1 atom stereocenters. The number of nitrogens with zero attached hydrogens (tertiary/aromatic N) is 2. The van der Waals surface area contributed by atoms with Crippen molar-refractivity contribution < 1.29 is 9.59 Å². The van der Waals surface area contributed by atoms with Crippen molar-refractivity contribution in [2.75, 3.05) is 7.05 Å². The number of likely N-dealkylation sites (tertiary alicyclic amines) is 1. The Morgan fingerprint density at radius 1 is 1.47 bits per heavy atom. The summed E-state index contributed by atoms with van der Waals surface area (Å²) in [5.74, 6) is -0.246. The Morgan fingerprint density at radius 3 is 2.80 bits per heavy atom. The Kier molecular flexibility index (Phi) is 2.73. The maximum absolute atomic E-state index is 11.6. The smallest absolute Gasteiger partial charge is 0.242 e. The van der Waals surface area contributed by atoms with Gasteiger partial charge in [0.2, 0.25) is 11.8 Å². The quantitative estimate of drug-likeness (QED) is 0.698. The van der Waals surface area contributed by atoms with E-state index in [-0.39, 0.29) is 23.5 Å². The van der Waals surface area contributed by atoms with Gasteiger partial charge in [-0.05, 0) is 12.1 Å². The standard InChI is InChI=1S/C10H10N2O2S/c1-12-9(13)6-7(10(12)14)15-8-4-2-3-5-11-8/h2-5,7H,6H2,1H3. The molecule has 2 heterocycles. The van der Waals surface area contributed by atoms with Crippen LogP contribution in [0.1, 0.15) is 6.42 Å². The van der Waals surface area contributed by atoms with E-state index in [1.165, 1.54) is 23.7 Å². The third kappa shape index (κ3) is 2.02. The molecule has 4 nitrogen and oxygen atoms in total. The van der Waals surface area contributed by atoms with Gasteiger partial charge in [-0.1, -0.05) is 17.8 Å². The summed E-state index contributed by atoms with van der Waals surface area (Å²) in [7, 11) is 1.52. The van der Waals surface area contributed by atoms with Gasteiger partial charge in [-0.2, -0.15) is 0 Å². The zero-order chi connectivity index (χ0) is 10.8. The van der Waals surface area contributed by atoms with Crippen LogP contribution in [-0.4, -0.2) is 34.0 Å². The van der Waals surface area contributed by atoms with E-state index >= 15 is 0 Å². The first-order valence-corrected chi connectivity index (χ1v) is 5.44. The van der Waals surface area contributed by atoms with E-state index < -0.39 is 0 Å². The molecule has 0 saturated carbocycles. The molecule has 0 radical (unpaired) electrons. The Balaban J connectivity index is 2.09. The fourth-order valence-corrected chi connectivity index (χ4v) is 2.43. The van der Waals surface area contributed by atoms with E-state index in [2.05, 4.69) is 4.98 Å². The molecule has 0 aliphatic carbocycles. The maximum atomic E-state index is 11.6. The van der Waals surface area contributed by atoms with Crippen LogP contribution in [0.2, 0.25) is 0 Å². The van der Waals surface area contributed by atoms with Crippen molar-refractivity contribution in [1.29, 1.82) is 0 Å². The van der Waals surface area contributed by atoms with E-state index in [4.69, 9.17) is 0 Å². The molecule has 1 aliphatic heterocycles. The SMILES string of the molecule is CN1C(=O)CC(Sc2ccccn2)C1=O. The number of amides is 2.